The molecule has 35 heavy (non-hydrogen) atoms. The molecule has 0 amide bonds. The van der Waals surface area contributed by atoms with Crippen molar-refractivity contribution < 1.29 is 12.8 Å². The normalized spacial score (nSPS) is 27.1. The van der Waals surface area contributed by atoms with Crippen LogP contribution >= 0.6 is 0 Å². The summed E-state index contributed by atoms with van der Waals surface area (Å²) in [6.45, 7) is 5.75. The molecule has 0 bridgehead atoms. The van der Waals surface area contributed by atoms with Gasteiger partial charge in [-0.2, -0.15) is 4.31 Å². The molecule has 186 valence electrons. The van der Waals surface area contributed by atoms with Crippen LogP contribution in [0.25, 0.3) is 0 Å². The lowest BCUT2D eigenvalue weighted by Crippen LogP contribution is -2.44. The molecule has 2 aromatic carbocycles. The number of piperidine rings is 1. The summed E-state index contributed by atoms with van der Waals surface area (Å²) in [6, 6.07) is 14.7. The zero-order valence-corrected chi connectivity index (χ0v) is 21.0. The highest BCUT2D eigenvalue weighted by atomic mass is 32.2. The standard InChI is InChI=1S/C26H32FN5O2S/c1-19-15-30(13-12-25(19)31-17-28-29-18-31)23-10-9-22(24(27)14-23)16-32-20(2)8-11-26(35(32,33)34)21-6-4-3-5-7-21/h3-7,9-10,14,17-20,25-26H,8,11-13,15-16H2,1-2H3/t19-,20?,25?,26?/m0/s1. The molecule has 0 radical (unpaired) electrons. The van der Waals surface area contributed by atoms with E-state index in [0.29, 0.717) is 23.9 Å². The number of hydrogen-bond donors (Lipinski definition) is 0. The van der Waals surface area contributed by atoms with Crippen LogP contribution in [-0.2, 0) is 16.6 Å². The van der Waals surface area contributed by atoms with Crippen LogP contribution in [0.15, 0.2) is 61.2 Å². The summed E-state index contributed by atoms with van der Waals surface area (Å²) in [5, 5.41) is 7.25. The van der Waals surface area contributed by atoms with Gasteiger partial charge in [-0.05, 0) is 49.8 Å². The summed E-state index contributed by atoms with van der Waals surface area (Å²) in [5.74, 6) is -0.00271. The van der Waals surface area contributed by atoms with Gasteiger partial charge in [0, 0.05) is 43.0 Å². The molecule has 2 saturated heterocycles. The number of sulfonamides is 1. The van der Waals surface area contributed by atoms with E-state index in [1.807, 2.05) is 43.3 Å². The van der Waals surface area contributed by atoms with Gasteiger partial charge in [-0.15, -0.1) is 10.2 Å². The molecule has 0 N–H and O–H groups in total. The van der Waals surface area contributed by atoms with Gasteiger partial charge in [0.1, 0.15) is 23.7 Å². The van der Waals surface area contributed by atoms with Crippen molar-refractivity contribution in [2.75, 3.05) is 18.0 Å². The second-order valence-electron chi connectivity index (χ2n) is 9.88. The summed E-state index contributed by atoms with van der Waals surface area (Å²) >= 11 is 0. The van der Waals surface area contributed by atoms with E-state index in [1.54, 1.807) is 24.8 Å². The predicted octanol–water partition coefficient (Wildman–Crippen LogP) is 4.56. The van der Waals surface area contributed by atoms with Crippen molar-refractivity contribution in [2.45, 2.75) is 57.0 Å². The molecular formula is C26H32FN5O2S. The highest BCUT2D eigenvalue weighted by Crippen LogP contribution is 2.38. The molecule has 9 heteroatoms. The van der Waals surface area contributed by atoms with Crippen LogP contribution < -0.4 is 4.90 Å². The quantitative estimate of drug-likeness (QED) is 0.517. The average Bonchev–Trinajstić information content (AvgIpc) is 3.37. The van der Waals surface area contributed by atoms with Crippen molar-refractivity contribution in [3.8, 4) is 0 Å². The maximum atomic E-state index is 15.3. The van der Waals surface area contributed by atoms with Crippen molar-refractivity contribution in [3.05, 3.63) is 78.1 Å². The number of aromatic nitrogens is 3. The first-order valence-electron chi connectivity index (χ1n) is 12.3. The smallest absolute Gasteiger partial charge is 0.221 e. The Balaban J connectivity index is 1.31. The monoisotopic (exact) mass is 497 g/mol. The molecular weight excluding hydrogens is 465 g/mol. The summed E-state index contributed by atoms with van der Waals surface area (Å²) in [4.78, 5) is 2.20. The summed E-state index contributed by atoms with van der Waals surface area (Å²) in [7, 11) is -3.60. The van der Waals surface area contributed by atoms with E-state index in [4.69, 9.17) is 0 Å². The summed E-state index contributed by atoms with van der Waals surface area (Å²) in [5.41, 5.74) is 2.03. The van der Waals surface area contributed by atoms with Crippen LogP contribution in [0, 0.1) is 11.7 Å². The average molecular weight is 498 g/mol. The Bertz CT molecular complexity index is 1250. The molecule has 2 aliphatic heterocycles. The van der Waals surface area contributed by atoms with Crippen molar-refractivity contribution in [3.63, 3.8) is 0 Å². The van der Waals surface area contributed by atoms with Crippen LogP contribution in [-0.4, -0.2) is 46.6 Å². The minimum atomic E-state index is -3.60. The molecule has 0 spiro atoms. The van der Waals surface area contributed by atoms with Gasteiger partial charge in [0.05, 0.1) is 0 Å². The molecule has 4 atom stereocenters. The first-order valence-corrected chi connectivity index (χ1v) is 13.8. The third-order valence-corrected chi connectivity index (χ3v) is 9.97. The Labute approximate surface area is 206 Å². The first kappa shape index (κ1) is 23.9. The van der Waals surface area contributed by atoms with Crippen molar-refractivity contribution in [1.29, 1.82) is 0 Å². The lowest BCUT2D eigenvalue weighted by atomic mass is 9.93. The minimum Gasteiger partial charge on any atom is -0.371 e. The lowest BCUT2D eigenvalue weighted by molar-refractivity contribution is 0.279. The van der Waals surface area contributed by atoms with Gasteiger partial charge in [-0.25, -0.2) is 12.8 Å². The minimum absolute atomic E-state index is 0.0467. The number of halogens is 1. The molecule has 3 aromatic rings. The van der Waals surface area contributed by atoms with Crippen LogP contribution in [0.4, 0.5) is 10.1 Å². The number of anilines is 1. The Morgan fingerprint density at radius 3 is 2.43 bits per heavy atom. The van der Waals surface area contributed by atoms with E-state index in [9.17, 15) is 8.42 Å². The lowest BCUT2D eigenvalue weighted by Gasteiger charge is -2.39. The number of hydrogen-bond acceptors (Lipinski definition) is 5. The predicted molar refractivity (Wildman–Crippen MR) is 134 cm³/mol. The third kappa shape index (κ3) is 4.71. The summed E-state index contributed by atoms with van der Waals surface area (Å²) < 4.78 is 45.8. The van der Waals surface area contributed by atoms with E-state index in [0.717, 1.165) is 37.2 Å². The molecule has 1 aromatic heterocycles. The van der Waals surface area contributed by atoms with Crippen molar-refractivity contribution in [2.24, 2.45) is 5.92 Å². The topological polar surface area (TPSA) is 71.3 Å². The van der Waals surface area contributed by atoms with Gasteiger partial charge in [0.25, 0.3) is 0 Å². The van der Waals surface area contributed by atoms with Gasteiger partial charge < -0.3 is 9.47 Å². The molecule has 7 nitrogen and oxygen atoms in total. The fourth-order valence-electron chi connectivity index (χ4n) is 5.57. The van der Waals surface area contributed by atoms with E-state index in [-0.39, 0.29) is 18.4 Å². The Hall–Kier alpha value is -2.78. The number of rotatable bonds is 5. The van der Waals surface area contributed by atoms with Gasteiger partial charge >= 0.3 is 0 Å². The van der Waals surface area contributed by atoms with E-state index >= 15 is 4.39 Å². The van der Waals surface area contributed by atoms with Gasteiger partial charge in [-0.3, -0.25) is 0 Å². The van der Waals surface area contributed by atoms with E-state index in [2.05, 4.69) is 26.6 Å². The zero-order chi connectivity index (χ0) is 24.6. The fraction of sp³-hybridized carbons (Fsp3) is 0.462. The van der Waals surface area contributed by atoms with Crippen LogP contribution in [0.1, 0.15) is 55.5 Å². The van der Waals surface area contributed by atoms with E-state index < -0.39 is 15.3 Å². The van der Waals surface area contributed by atoms with Crippen LogP contribution in [0.5, 0.6) is 0 Å². The number of nitrogens with zero attached hydrogens (tertiary/aromatic N) is 5. The second-order valence-corrected chi connectivity index (χ2v) is 11.9. The molecule has 3 heterocycles. The molecule has 5 rings (SSSR count). The fourth-order valence-corrected chi connectivity index (χ4v) is 7.76. The van der Waals surface area contributed by atoms with Gasteiger partial charge in [-0.1, -0.05) is 43.3 Å². The highest BCUT2D eigenvalue weighted by Gasteiger charge is 2.40. The largest absolute Gasteiger partial charge is 0.371 e. The highest BCUT2D eigenvalue weighted by molar-refractivity contribution is 7.89. The maximum absolute atomic E-state index is 15.3. The number of benzene rings is 2. The van der Waals surface area contributed by atoms with E-state index in [1.165, 1.54) is 4.31 Å². The van der Waals surface area contributed by atoms with Crippen molar-refractivity contribution >= 4 is 15.7 Å². The van der Waals surface area contributed by atoms with Crippen LogP contribution in [0.3, 0.4) is 0 Å². The molecule has 0 saturated carbocycles. The Morgan fingerprint density at radius 1 is 1.00 bits per heavy atom. The van der Waals surface area contributed by atoms with Crippen LogP contribution in [0.2, 0.25) is 0 Å². The molecule has 2 aliphatic rings. The molecule has 0 aliphatic carbocycles. The molecule has 3 unspecified atom stereocenters. The second kappa shape index (κ2) is 9.70. The third-order valence-electron chi connectivity index (χ3n) is 7.60. The Morgan fingerprint density at radius 2 is 1.74 bits per heavy atom. The SMILES string of the molecule is CC1CCC(c2ccccc2)S(=O)(=O)N1Cc1ccc(N2CCC(n3cnnc3)[C@@H](C)C2)cc1F. The molecule has 2 fully saturated rings. The zero-order valence-electron chi connectivity index (χ0n) is 20.2. The van der Waals surface area contributed by atoms with Gasteiger partial charge in [0.15, 0.2) is 0 Å². The van der Waals surface area contributed by atoms with Crippen molar-refractivity contribution in [1.82, 2.24) is 19.1 Å². The Kier molecular flexibility index (Phi) is 6.63. The van der Waals surface area contributed by atoms with Gasteiger partial charge in [0.2, 0.25) is 10.0 Å². The summed E-state index contributed by atoms with van der Waals surface area (Å²) in [6.07, 6.45) is 5.76. The maximum Gasteiger partial charge on any atom is 0.221 e. The first-order chi connectivity index (χ1) is 16.8.